The quantitative estimate of drug-likeness (QED) is 0.442. The largest absolute Gasteiger partial charge is 0.390 e. The van der Waals surface area contributed by atoms with Gasteiger partial charge in [-0.15, -0.1) is 5.92 Å². The molecule has 0 radical (unpaired) electrons. The van der Waals surface area contributed by atoms with Crippen molar-refractivity contribution in [2.24, 2.45) is 0 Å². The van der Waals surface area contributed by atoms with Crippen LogP contribution in [0, 0.1) is 11.8 Å². The Kier molecular flexibility index (Phi) is 4.27. The highest BCUT2D eigenvalue weighted by atomic mass is 16.3. The Morgan fingerprint density at radius 2 is 1.97 bits per heavy atom. The number of hydrogen-bond acceptors (Lipinski definition) is 5. The zero-order valence-corrected chi connectivity index (χ0v) is 20.3. The Balaban J connectivity index is 1.53. The lowest BCUT2D eigenvalue weighted by Crippen LogP contribution is -2.30. The summed E-state index contributed by atoms with van der Waals surface area (Å²) < 4.78 is 26.7. The van der Waals surface area contributed by atoms with Crippen molar-refractivity contribution in [2.75, 3.05) is 6.98 Å². The SMILES string of the molecule is [2H]C([2H])([2H])N1C(=O)c2cccc(C#CC)c2[C@H]2C[C@@H]1c1nc3ccc(-c4cnc(CC(C)(C)O)nc4)cc3n12. The summed E-state index contributed by atoms with van der Waals surface area (Å²) in [6, 6.07) is 10.1. The normalized spacial score (nSPS) is 20.1. The first-order valence-electron chi connectivity index (χ1n) is 13.4. The summed E-state index contributed by atoms with van der Waals surface area (Å²) in [5, 5.41) is 10.1. The number of carbonyl (C=O) groups excluding carboxylic acids is 1. The molecular weight excluding hydrogens is 450 g/mol. The predicted molar refractivity (Wildman–Crippen MR) is 137 cm³/mol. The summed E-state index contributed by atoms with van der Waals surface area (Å²) in [6.07, 6.45) is 4.21. The van der Waals surface area contributed by atoms with Crippen molar-refractivity contribution >= 4 is 16.9 Å². The lowest BCUT2D eigenvalue weighted by atomic mass is 9.93. The summed E-state index contributed by atoms with van der Waals surface area (Å²) in [5.41, 5.74) is 4.13. The summed E-state index contributed by atoms with van der Waals surface area (Å²) in [6.45, 7) is 2.53. The van der Waals surface area contributed by atoms with Crippen LogP contribution in [0.2, 0.25) is 0 Å². The van der Waals surface area contributed by atoms with E-state index in [1.807, 2.05) is 24.3 Å². The van der Waals surface area contributed by atoms with E-state index in [2.05, 4.69) is 26.4 Å². The molecule has 7 nitrogen and oxygen atoms in total. The van der Waals surface area contributed by atoms with Gasteiger partial charge in [-0.25, -0.2) is 15.0 Å². The molecule has 6 rings (SSSR count). The highest BCUT2D eigenvalue weighted by Crippen LogP contribution is 2.48. The third-order valence-electron chi connectivity index (χ3n) is 6.86. The van der Waals surface area contributed by atoms with Crippen LogP contribution >= 0.6 is 0 Å². The molecule has 2 aliphatic rings. The summed E-state index contributed by atoms with van der Waals surface area (Å²) in [4.78, 5) is 28.4. The van der Waals surface area contributed by atoms with Gasteiger partial charge in [-0.05, 0) is 50.6 Å². The maximum atomic E-state index is 13.7. The van der Waals surface area contributed by atoms with Gasteiger partial charge in [0.05, 0.1) is 28.7 Å². The highest BCUT2D eigenvalue weighted by molar-refractivity contribution is 5.98. The topological polar surface area (TPSA) is 84.1 Å². The van der Waals surface area contributed by atoms with Gasteiger partial charge in [0.2, 0.25) is 0 Å². The first-order chi connectivity index (χ1) is 18.5. The smallest absolute Gasteiger partial charge is 0.254 e. The fourth-order valence-electron chi connectivity index (χ4n) is 5.35. The lowest BCUT2D eigenvalue weighted by Gasteiger charge is -2.24. The molecular formula is C29H27N5O2. The monoisotopic (exact) mass is 480 g/mol. The van der Waals surface area contributed by atoms with Crippen LogP contribution in [0.5, 0.6) is 0 Å². The van der Waals surface area contributed by atoms with Crippen molar-refractivity contribution in [2.45, 2.75) is 51.3 Å². The average Bonchev–Trinajstić information content (AvgIpc) is 3.36. The molecule has 1 N–H and O–H groups in total. The molecule has 0 fully saturated rings. The zero-order chi connectivity index (χ0) is 27.7. The van der Waals surface area contributed by atoms with Crippen molar-refractivity contribution in [3.8, 4) is 23.0 Å². The molecule has 36 heavy (non-hydrogen) atoms. The Hall–Kier alpha value is -4.02. The molecule has 7 heteroatoms. The third kappa shape index (κ3) is 3.49. The molecule has 1 amide bonds. The van der Waals surface area contributed by atoms with Crippen LogP contribution in [0.25, 0.3) is 22.2 Å². The van der Waals surface area contributed by atoms with E-state index in [1.165, 1.54) is 0 Å². The van der Waals surface area contributed by atoms with E-state index in [-0.39, 0.29) is 6.04 Å². The second-order valence-electron chi connectivity index (χ2n) is 10.0. The summed E-state index contributed by atoms with van der Waals surface area (Å²) in [5.74, 6) is 6.63. The molecule has 2 atom stereocenters. The second-order valence-corrected chi connectivity index (χ2v) is 10.0. The first-order valence-corrected chi connectivity index (χ1v) is 11.9. The van der Waals surface area contributed by atoms with Gasteiger partial charge in [-0.3, -0.25) is 4.79 Å². The van der Waals surface area contributed by atoms with Crippen molar-refractivity contribution < 1.29 is 14.0 Å². The molecule has 0 unspecified atom stereocenters. The van der Waals surface area contributed by atoms with Crippen molar-refractivity contribution in [3.63, 3.8) is 0 Å². The zero-order valence-electron chi connectivity index (χ0n) is 23.3. The number of hydrogen-bond donors (Lipinski definition) is 1. The third-order valence-corrected chi connectivity index (χ3v) is 6.86. The number of aliphatic hydroxyl groups is 1. The van der Waals surface area contributed by atoms with Crippen LogP contribution in [-0.2, 0) is 6.42 Å². The molecule has 2 aromatic heterocycles. The standard InChI is InChI=1S/C29H27N5O2/c1-5-7-17-8-6-9-20-26(17)23-13-24(33(4)28(20)35)27-32-21-11-10-18(12-22(21)34(23)27)19-15-30-25(31-16-19)14-29(2,3)36/h6,8-12,15-16,23-24,36H,13-14H2,1-4H3/t23-,24-/m1/s1/i4D3. The molecule has 0 spiro atoms. The minimum atomic E-state index is -2.64. The number of fused-ring (bicyclic) bond motifs is 9. The van der Waals surface area contributed by atoms with Crippen LogP contribution < -0.4 is 0 Å². The van der Waals surface area contributed by atoms with Gasteiger partial charge >= 0.3 is 0 Å². The van der Waals surface area contributed by atoms with Gasteiger partial charge in [0, 0.05) is 58.6 Å². The van der Waals surface area contributed by atoms with Gasteiger partial charge in [0.25, 0.3) is 5.91 Å². The molecule has 0 saturated carbocycles. The number of nitrogens with zero attached hydrogens (tertiary/aromatic N) is 5. The predicted octanol–water partition coefficient (Wildman–Crippen LogP) is 4.30. The van der Waals surface area contributed by atoms with Gasteiger partial charge in [-0.1, -0.05) is 18.1 Å². The van der Waals surface area contributed by atoms with E-state index in [4.69, 9.17) is 9.10 Å². The van der Waals surface area contributed by atoms with Crippen LogP contribution in [0.4, 0.5) is 0 Å². The maximum Gasteiger partial charge on any atom is 0.254 e. The number of rotatable bonds is 3. The fourth-order valence-corrected chi connectivity index (χ4v) is 5.35. The Morgan fingerprint density at radius 1 is 1.17 bits per heavy atom. The molecule has 4 heterocycles. The molecule has 4 aromatic rings. The van der Waals surface area contributed by atoms with Gasteiger partial charge in [0.1, 0.15) is 11.6 Å². The summed E-state index contributed by atoms with van der Waals surface area (Å²) >= 11 is 0. The van der Waals surface area contributed by atoms with Crippen molar-refractivity contribution in [1.82, 2.24) is 24.4 Å². The minimum Gasteiger partial charge on any atom is -0.390 e. The minimum absolute atomic E-state index is 0.306. The summed E-state index contributed by atoms with van der Waals surface area (Å²) in [7, 11) is 0. The highest BCUT2D eigenvalue weighted by Gasteiger charge is 2.44. The molecule has 2 bridgehead atoms. The maximum absolute atomic E-state index is 13.7. The first kappa shape index (κ1) is 19.2. The molecule has 0 saturated heterocycles. The van der Waals surface area contributed by atoms with Crippen LogP contribution in [0.1, 0.15) is 76.5 Å². The van der Waals surface area contributed by atoms with Crippen LogP contribution in [0.3, 0.4) is 0 Å². The Morgan fingerprint density at radius 3 is 2.69 bits per heavy atom. The van der Waals surface area contributed by atoms with E-state index in [9.17, 15) is 9.90 Å². The Labute approximate surface area is 214 Å². The number of benzene rings is 2. The van der Waals surface area contributed by atoms with E-state index in [0.29, 0.717) is 41.1 Å². The van der Waals surface area contributed by atoms with Crippen molar-refractivity contribution in [1.29, 1.82) is 0 Å². The number of imidazole rings is 1. The Bertz CT molecular complexity index is 1690. The number of amides is 1. The molecule has 0 aliphatic carbocycles. The van der Waals surface area contributed by atoms with Crippen LogP contribution in [0.15, 0.2) is 48.8 Å². The van der Waals surface area contributed by atoms with E-state index >= 15 is 0 Å². The number of carbonyl (C=O) groups is 1. The van der Waals surface area contributed by atoms with E-state index < -0.39 is 24.5 Å². The second kappa shape index (κ2) is 8.00. The van der Waals surface area contributed by atoms with Crippen molar-refractivity contribution in [3.05, 3.63) is 77.1 Å². The molecule has 2 aliphatic heterocycles. The number of aromatic nitrogens is 4. The van der Waals surface area contributed by atoms with Gasteiger partial charge in [0.15, 0.2) is 0 Å². The van der Waals surface area contributed by atoms with Gasteiger partial charge in [-0.2, -0.15) is 0 Å². The fraction of sp³-hybridized carbons (Fsp3) is 0.310. The van der Waals surface area contributed by atoms with Crippen LogP contribution in [-0.4, -0.2) is 48.0 Å². The average molecular weight is 481 g/mol. The van der Waals surface area contributed by atoms with E-state index in [0.717, 1.165) is 27.1 Å². The lowest BCUT2D eigenvalue weighted by molar-refractivity contribution is 0.0733. The van der Waals surface area contributed by atoms with E-state index in [1.54, 1.807) is 45.3 Å². The molecule has 2 aromatic carbocycles. The molecule has 180 valence electrons. The van der Waals surface area contributed by atoms with Gasteiger partial charge < -0.3 is 14.6 Å².